The third kappa shape index (κ3) is 6.25. The zero-order valence-corrected chi connectivity index (χ0v) is 20.2. The zero-order valence-electron chi connectivity index (χ0n) is 17.8. The predicted octanol–water partition coefficient (Wildman–Crippen LogP) is 4.21. The van der Waals surface area contributed by atoms with Crippen molar-refractivity contribution in [3.8, 4) is 5.75 Å². The number of guanidine groups is 1. The van der Waals surface area contributed by atoms with Gasteiger partial charge in [-0.05, 0) is 48.4 Å². The summed E-state index contributed by atoms with van der Waals surface area (Å²) in [5.74, 6) is 1.69. The molecule has 1 aliphatic rings. The van der Waals surface area contributed by atoms with Gasteiger partial charge >= 0.3 is 0 Å². The van der Waals surface area contributed by atoms with Gasteiger partial charge in [0.25, 0.3) is 5.91 Å². The Morgan fingerprint density at radius 3 is 2.75 bits per heavy atom. The number of nitrogens with zero attached hydrogens (tertiary/aromatic N) is 1. The molecule has 0 aliphatic carbocycles. The van der Waals surface area contributed by atoms with E-state index in [0.717, 1.165) is 30.2 Å². The minimum atomic E-state index is -0.279. The first-order valence-corrected chi connectivity index (χ1v) is 10.4. The van der Waals surface area contributed by atoms with Crippen LogP contribution in [0.25, 0.3) is 0 Å². The van der Waals surface area contributed by atoms with Gasteiger partial charge in [-0.15, -0.1) is 24.0 Å². The second kappa shape index (κ2) is 11.6. The Morgan fingerprint density at radius 1 is 1.09 bits per heavy atom. The Bertz CT molecular complexity index is 1030. The number of para-hydroxylation sites is 1. The molecule has 168 valence electrons. The largest absolute Gasteiger partial charge is 0.488 e. The van der Waals surface area contributed by atoms with Crippen molar-refractivity contribution in [1.29, 1.82) is 0 Å². The molecule has 1 aliphatic heterocycles. The third-order valence-corrected chi connectivity index (χ3v) is 4.90. The van der Waals surface area contributed by atoms with Crippen LogP contribution in [0.15, 0.2) is 76.3 Å². The topological polar surface area (TPSA) is 87.9 Å². The number of carbonyl (C=O) groups excluding carboxylic acids is 1. The van der Waals surface area contributed by atoms with Crippen molar-refractivity contribution in [3.05, 3.63) is 83.8 Å². The van der Waals surface area contributed by atoms with Gasteiger partial charge in [0.15, 0.2) is 11.7 Å². The first kappa shape index (κ1) is 23.6. The Kier molecular flexibility index (Phi) is 8.55. The quantitative estimate of drug-likeness (QED) is 0.235. The number of nitrogens with one attached hydrogen (secondary N) is 3. The molecule has 1 aromatic heterocycles. The smallest absolute Gasteiger partial charge is 0.291 e. The summed E-state index contributed by atoms with van der Waals surface area (Å²) in [6.45, 7) is 3.94. The summed E-state index contributed by atoms with van der Waals surface area (Å²) < 4.78 is 11.1. The Morgan fingerprint density at radius 2 is 1.97 bits per heavy atom. The van der Waals surface area contributed by atoms with Gasteiger partial charge in [-0.3, -0.25) is 4.79 Å². The van der Waals surface area contributed by atoms with E-state index in [9.17, 15) is 4.79 Å². The summed E-state index contributed by atoms with van der Waals surface area (Å²) in [6.07, 6.45) is 2.45. The van der Waals surface area contributed by atoms with Gasteiger partial charge < -0.3 is 25.1 Å². The third-order valence-electron chi connectivity index (χ3n) is 4.90. The molecule has 0 fully saturated rings. The van der Waals surface area contributed by atoms with Crippen molar-refractivity contribution in [1.82, 2.24) is 10.6 Å². The number of amides is 1. The fraction of sp³-hybridized carbons (Fsp3) is 0.250. The maximum atomic E-state index is 12.2. The van der Waals surface area contributed by atoms with Crippen LogP contribution in [0, 0.1) is 0 Å². The number of furan rings is 1. The highest BCUT2D eigenvalue weighted by Gasteiger charge is 2.22. The summed E-state index contributed by atoms with van der Waals surface area (Å²) in [7, 11) is 0. The number of rotatable bonds is 7. The van der Waals surface area contributed by atoms with Crippen LogP contribution in [0.3, 0.4) is 0 Å². The number of hydrogen-bond donors (Lipinski definition) is 3. The van der Waals surface area contributed by atoms with Crippen LogP contribution in [-0.4, -0.2) is 31.1 Å². The second-order valence-corrected chi connectivity index (χ2v) is 7.26. The molecule has 4 rings (SSSR count). The summed E-state index contributed by atoms with van der Waals surface area (Å²) in [6, 6.07) is 19.1. The highest BCUT2D eigenvalue weighted by atomic mass is 127. The lowest BCUT2D eigenvalue weighted by atomic mass is 10.1. The first-order chi connectivity index (χ1) is 15.2. The maximum absolute atomic E-state index is 12.2. The molecule has 1 amide bonds. The van der Waals surface area contributed by atoms with Crippen LogP contribution in [0.2, 0.25) is 0 Å². The Labute approximate surface area is 204 Å². The summed E-state index contributed by atoms with van der Waals surface area (Å²) in [4.78, 5) is 16.8. The van der Waals surface area contributed by atoms with E-state index in [1.807, 2.05) is 49.4 Å². The van der Waals surface area contributed by atoms with Crippen molar-refractivity contribution >= 4 is 41.5 Å². The van der Waals surface area contributed by atoms with E-state index in [0.29, 0.717) is 18.8 Å². The average Bonchev–Trinajstić information content (AvgIpc) is 3.46. The lowest BCUT2D eigenvalue weighted by molar-refractivity contribution is 0.0996. The van der Waals surface area contributed by atoms with Gasteiger partial charge in [-0.1, -0.05) is 30.3 Å². The fourth-order valence-corrected chi connectivity index (χ4v) is 3.44. The van der Waals surface area contributed by atoms with E-state index in [1.165, 1.54) is 11.8 Å². The molecule has 7 nitrogen and oxygen atoms in total. The van der Waals surface area contributed by atoms with Crippen molar-refractivity contribution in [2.24, 2.45) is 4.99 Å². The van der Waals surface area contributed by atoms with Gasteiger partial charge in [0, 0.05) is 18.7 Å². The molecule has 0 spiro atoms. The lowest BCUT2D eigenvalue weighted by Gasteiger charge is -2.15. The SMILES string of the molecule is CCNC(=NCc1cccc(NC(=O)c2ccco2)c1)NCC1Cc2ccccc2O1.I. The number of aliphatic imine (C=N–C) groups is 1. The van der Waals surface area contributed by atoms with Gasteiger partial charge in [-0.2, -0.15) is 0 Å². The minimum absolute atomic E-state index is 0. The van der Waals surface area contributed by atoms with E-state index in [4.69, 9.17) is 9.15 Å². The second-order valence-electron chi connectivity index (χ2n) is 7.26. The van der Waals surface area contributed by atoms with E-state index < -0.39 is 0 Å². The molecule has 32 heavy (non-hydrogen) atoms. The molecule has 0 saturated heterocycles. The molecular formula is C24H27IN4O3. The fourth-order valence-electron chi connectivity index (χ4n) is 3.44. The van der Waals surface area contributed by atoms with Crippen LogP contribution in [0.4, 0.5) is 5.69 Å². The molecule has 2 aromatic carbocycles. The van der Waals surface area contributed by atoms with Crippen LogP contribution < -0.4 is 20.7 Å². The van der Waals surface area contributed by atoms with Gasteiger partial charge in [-0.25, -0.2) is 4.99 Å². The van der Waals surface area contributed by atoms with Crippen LogP contribution >= 0.6 is 24.0 Å². The number of hydrogen-bond acceptors (Lipinski definition) is 4. The number of ether oxygens (including phenoxy) is 1. The normalized spacial score (nSPS) is 14.7. The molecule has 0 saturated carbocycles. The number of anilines is 1. The van der Waals surface area contributed by atoms with Crippen LogP contribution in [0.5, 0.6) is 5.75 Å². The van der Waals surface area contributed by atoms with Crippen molar-refractivity contribution < 1.29 is 13.9 Å². The average molecular weight is 546 g/mol. The molecule has 8 heteroatoms. The molecular weight excluding hydrogens is 519 g/mol. The van der Waals surface area contributed by atoms with Crippen molar-refractivity contribution in [3.63, 3.8) is 0 Å². The highest BCUT2D eigenvalue weighted by molar-refractivity contribution is 14.0. The molecule has 0 radical (unpaired) electrons. The number of benzene rings is 2. The molecule has 3 aromatic rings. The highest BCUT2D eigenvalue weighted by Crippen LogP contribution is 2.27. The molecule has 1 atom stereocenters. The molecule has 1 unspecified atom stereocenters. The number of halogens is 1. The molecule has 0 bridgehead atoms. The van der Waals surface area contributed by atoms with Gasteiger partial charge in [0.1, 0.15) is 11.9 Å². The van der Waals surface area contributed by atoms with Crippen LogP contribution in [-0.2, 0) is 13.0 Å². The van der Waals surface area contributed by atoms with Crippen LogP contribution in [0.1, 0.15) is 28.6 Å². The first-order valence-electron chi connectivity index (χ1n) is 10.4. The predicted molar refractivity (Wildman–Crippen MR) is 136 cm³/mol. The summed E-state index contributed by atoms with van der Waals surface area (Å²) >= 11 is 0. The monoisotopic (exact) mass is 546 g/mol. The molecule has 2 heterocycles. The minimum Gasteiger partial charge on any atom is -0.488 e. The van der Waals surface area contributed by atoms with Gasteiger partial charge in [0.2, 0.25) is 0 Å². The van der Waals surface area contributed by atoms with Crippen molar-refractivity contribution in [2.75, 3.05) is 18.4 Å². The van der Waals surface area contributed by atoms with Crippen molar-refractivity contribution in [2.45, 2.75) is 26.0 Å². The number of fused-ring (bicyclic) bond motifs is 1. The standard InChI is InChI=1S/C24H26N4O3.HI/c1-2-25-24(27-16-20-14-18-8-3-4-10-21(18)31-20)26-15-17-7-5-9-19(13-17)28-23(29)22-11-6-12-30-22;/h3-13,20H,2,14-16H2,1H3,(H,28,29)(H2,25,26,27);1H. The van der Waals surface area contributed by atoms with Gasteiger partial charge in [0.05, 0.1) is 19.4 Å². The lowest BCUT2D eigenvalue weighted by Crippen LogP contribution is -2.42. The number of carbonyl (C=O) groups is 1. The zero-order chi connectivity index (χ0) is 21.5. The summed E-state index contributed by atoms with van der Waals surface area (Å²) in [5, 5.41) is 9.47. The Balaban J connectivity index is 0.00000289. The Hall–Kier alpha value is -3.01. The van der Waals surface area contributed by atoms with E-state index in [-0.39, 0.29) is 41.7 Å². The molecule has 3 N–H and O–H groups in total. The van der Waals surface area contributed by atoms with E-state index in [1.54, 1.807) is 12.1 Å². The maximum Gasteiger partial charge on any atom is 0.291 e. The van der Waals surface area contributed by atoms with E-state index in [2.05, 4.69) is 27.0 Å². The summed E-state index contributed by atoms with van der Waals surface area (Å²) in [5.41, 5.74) is 2.92. The van der Waals surface area contributed by atoms with E-state index >= 15 is 0 Å².